The first-order chi connectivity index (χ1) is 14.7. The average molecular weight is 425 g/mol. The Hall–Kier alpha value is -0.530. The van der Waals surface area contributed by atoms with Gasteiger partial charge in [0.25, 0.3) is 0 Å². The van der Waals surface area contributed by atoms with Crippen LogP contribution in [0.15, 0.2) is 0 Å². The van der Waals surface area contributed by atoms with Crippen LogP contribution in [0, 0.1) is 5.92 Å². The van der Waals surface area contributed by atoms with Crippen molar-refractivity contribution in [3.8, 4) is 0 Å². The van der Waals surface area contributed by atoms with Crippen molar-refractivity contribution >= 4 is 5.97 Å². The molecule has 0 aliphatic carbocycles. The third kappa shape index (κ3) is 22.2. The summed E-state index contributed by atoms with van der Waals surface area (Å²) in [6.07, 6.45) is 28.1. The third-order valence-corrected chi connectivity index (χ3v) is 6.40. The van der Waals surface area contributed by atoms with Gasteiger partial charge in [-0.2, -0.15) is 0 Å². The van der Waals surface area contributed by atoms with Gasteiger partial charge in [-0.25, -0.2) is 0 Å². The number of carbonyl (C=O) groups excluding carboxylic acids is 1. The summed E-state index contributed by atoms with van der Waals surface area (Å²) in [5, 5.41) is 0. The molecule has 2 nitrogen and oxygen atoms in total. The molecule has 0 aromatic carbocycles. The predicted molar refractivity (Wildman–Crippen MR) is 133 cm³/mol. The second-order valence-electron chi connectivity index (χ2n) is 9.53. The summed E-state index contributed by atoms with van der Waals surface area (Å²) < 4.78 is 5.67. The van der Waals surface area contributed by atoms with Gasteiger partial charge in [0.15, 0.2) is 0 Å². The Morgan fingerprint density at radius 3 is 1.33 bits per heavy atom. The molecule has 30 heavy (non-hydrogen) atoms. The highest BCUT2D eigenvalue weighted by Gasteiger charge is 2.12. The fraction of sp³-hybridized carbons (Fsp3) is 0.964. The van der Waals surface area contributed by atoms with E-state index < -0.39 is 0 Å². The van der Waals surface area contributed by atoms with Crippen LogP contribution in [0.2, 0.25) is 0 Å². The van der Waals surface area contributed by atoms with Gasteiger partial charge in [0.05, 0.1) is 6.61 Å². The van der Waals surface area contributed by atoms with Crippen molar-refractivity contribution in [3.05, 3.63) is 0 Å². The minimum Gasteiger partial charge on any atom is -0.465 e. The topological polar surface area (TPSA) is 26.3 Å². The first kappa shape index (κ1) is 29.5. The zero-order valence-corrected chi connectivity index (χ0v) is 21.2. The molecule has 0 fully saturated rings. The monoisotopic (exact) mass is 424 g/mol. The van der Waals surface area contributed by atoms with Gasteiger partial charge in [0.2, 0.25) is 0 Å². The Morgan fingerprint density at radius 1 is 0.533 bits per heavy atom. The fourth-order valence-electron chi connectivity index (χ4n) is 4.25. The van der Waals surface area contributed by atoms with Gasteiger partial charge >= 0.3 is 5.97 Å². The summed E-state index contributed by atoms with van der Waals surface area (Å²) in [5.74, 6) is 0.623. The minimum atomic E-state index is 0.0399. The van der Waals surface area contributed by atoms with E-state index in [9.17, 15) is 4.79 Å². The molecular weight excluding hydrogens is 368 g/mol. The van der Waals surface area contributed by atoms with E-state index in [-0.39, 0.29) is 5.97 Å². The van der Waals surface area contributed by atoms with Crippen LogP contribution in [0.3, 0.4) is 0 Å². The molecular formula is C28H56O2. The quantitative estimate of drug-likeness (QED) is 0.114. The maximum absolute atomic E-state index is 12.1. The number of rotatable bonds is 24. The summed E-state index contributed by atoms with van der Waals surface area (Å²) in [4.78, 5) is 12.1. The van der Waals surface area contributed by atoms with Crippen LogP contribution in [-0.2, 0) is 9.53 Å². The van der Waals surface area contributed by atoms with E-state index >= 15 is 0 Å². The zero-order valence-electron chi connectivity index (χ0n) is 21.2. The van der Waals surface area contributed by atoms with Crippen LogP contribution >= 0.6 is 0 Å². The summed E-state index contributed by atoms with van der Waals surface area (Å²) in [6.45, 7) is 7.46. The second kappa shape index (κ2) is 24.7. The first-order valence-corrected chi connectivity index (χ1v) is 13.9. The van der Waals surface area contributed by atoms with Crippen LogP contribution in [-0.4, -0.2) is 12.6 Å². The van der Waals surface area contributed by atoms with E-state index in [1.165, 1.54) is 128 Å². The molecule has 0 atom stereocenters. The summed E-state index contributed by atoms with van der Waals surface area (Å²) in [5.41, 5.74) is 0. The van der Waals surface area contributed by atoms with E-state index in [1.54, 1.807) is 0 Å². The Balaban J connectivity index is 3.70. The van der Waals surface area contributed by atoms with Crippen molar-refractivity contribution in [2.75, 3.05) is 6.61 Å². The van der Waals surface area contributed by atoms with Crippen molar-refractivity contribution in [1.82, 2.24) is 0 Å². The molecule has 0 aromatic heterocycles. The lowest BCUT2D eigenvalue weighted by Crippen LogP contribution is -2.14. The molecule has 0 radical (unpaired) electrons. The summed E-state index contributed by atoms with van der Waals surface area (Å²) >= 11 is 0. The highest BCUT2D eigenvalue weighted by molar-refractivity contribution is 5.69. The standard InChI is InChI=1S/C28H56O2/c1-4-7-10-13-14-15-16-17-18-19-22-25-28(29)30-26-27(23-20-11-8-5-2)24-21-12-9-6-3/h27H,4-26H2,1-3H3. The molecule has 0 bridgehead atoms. The van der Waals surface area contributed by atoms with Gasteiger partial charge in [-0.1, -0.05) is 136 Å². The van der Waals surface area contributed by atoms with Crippen molar-refractivity contribution in [2.24, 2.45) is 5.92 Å². The lowest BCUT2D eigenvalue weighted by molar-refractivity contribution is -0.145. The molecule has 0 N–H and O–H groups in total. The number of ether oxygens (including phenoxy) is 1. The van der Waals surface area contributed by atoms with Gasteiger partial charge < -0.3 is 4.74 Å². The Kier molecular flexibility index (Phi) is 24.3. The van der Waals surface area contributed by atoms with E-state index in [0.29, 0.717) is 18.9 Å². The van der Waals surface area contributed by atoms with Crippen LogP contribution in [0.4, 0.5) is 0 Å². The molecule has 0 aromatic rings. The van der Waals surface area contributed by atoms with Crippen molar-refractivity contribution < 1.29 is 9.53 Å². The Labute approximate surface area is 190 Å². The van der Waals surface area contributed by atoms with Crippen molar-refractivity contribution in [3.63, 3.8) is 0 Å². The lowest BCUT2D eigenvalue weighted by Gasteiger charge is -2.17. The van der Waals surface area contributed by atoms with Gasteiger partial charge in [-0.15, -0.1) is 0 Å². The molecule has 2 heteroatoms. The Morgan fingerprint density at radius 2 is 0.900 bits per heavy atom. The van der Waals surface area contributed by atoms with Gasteiger partial charge in [0, 0.05) is 6.42 Å². The number of hydrogen-bond donors (Lipinski definition) is 0. The molecule has 0 saturated heterocycles. The van der Waals surface area contributed by atoms with Crippen LogP contribution < -0.4 is 0 Å². The molecule has 0 unspecified atom stereocenters. The highest BCUT2D eigenvalue weighted by atomic mass is 16.5. The number of unbranched alkanes of at least 4 members (excludes halogenated alkanes) is 16. The molecule has 0 aliphatic heterocycles. The molecule has 0 heterocycles. The summed E-state index contributed by atoms with van der Waals surface area (Å²) in [6, 6.07) is 0. The predicted octanol–water partition coefficient (Wildman–Crippen LogP) is 9.79. The normalized spacial score (nSPS) is 11.3. The molecule has 180 valence electrons. The van der Waals surface area contributed by atoms with Crippen LogP contribution in [0.5, 0.6) is 0 Å². The summed E-state index contributed by atoms with van der Waals surface area (Å²) in [7, 11) is 0. The van der Waals surface area contributed by atoms with Crippen LogP contribution in [0.25, 0.3) is 0 Å². The lowest BCUT2D eigenvalue weighted by atomic mass is 9.95. The molecule has 0 saturated carbocycles. The largest absolute Gasteiger partial charge is 0.465 e. The van der Waals surface area contributed by atoms with E-state index in [2.05, 4.69) is 20.8 Å². The number of carbonyl (C=O) groups is 1. The van der Waals surface area contributed by atoms with E-state index in [0.717, 1.165) is 6.42 Å². The SMILES string of the molecule is CCCCCCCCCCCCCC(=O)OCC(CCCCCC)CCCCCC. The van der Waals surface area contributed by atoms with Gasteiger partial charge in [-0.05, 0) is 25.2 Å². The van der Waals surface area contributed by atoms with E-state index in [4.69, 9.17) is 4.74 Å². The zero-order chi connectivity index (χ0) is 22.1. The van der Waals surface area contributed by atoms with Crippen LogP contribution in [0.1, 0.15) is 162 Å². The number of hydrogen-bond acceptors (Lipinski definition) is 2. The second-order valence-corrected chi connectivity index (χ2v) is 9.53. The van der Waals surface area contributed by atoms with Crippen molar-refractivity contribution in [1.29, 1.82) is 0 Å². The molecule has 0 rings (SSSR count). The molecule has 0 aliphatic rings. The first-order valence-electron chi connectivity index (χ1n) is 13.9. The van der Waals surface area contributed by atoms with Gasteiger partial charge in [-0.3, -0.25) is 4.79 Å². The fourth-order valence-corrected chi connectivity index (χ4v) is 4.25. The maximum atomic E-state index is 12.1. The Bertz CT molecular complexity index is 328. The third-order valence-electron chi connectivity index (χ3n) is 6.40. The molecule has 0 amide bonds. The average Bonchev–Trinajstić information content (AvgIpc) is 2.75. The number of esters is 1. The maximum Gasteiger partial charge on any atom is 0.305 e. The van der Waals surface area contributed by atoms with Crippen molar-refractivity contribution in [2.45, 2.75) is 162 Å². The molecule has 0 spiro atoms. The van der Waals surface area contributed by atoms with Gasteiger partial charge in [0.1, 0.15) is 0 Å². The smallest absolute Gasteiger partial charge is 0.305 e. The highest BCUT2D eigenvalue weighted by Crippen LogP contribution is 2.19. The minimum absolute atomic E-state index is 0.0399. The van der Waals surface area contributed by atoms with E-state index in [1.807, 2.05) is 0 Å².